The summed E-state index contributed by atoms with van der Waals surface area (Å²) in [6.45, 7) is 5.54. The van der Waals surface area contributed by atoms with Crippen LogP contribution in [0.1, 0.15) is 43.1 Å². The quantitative estimate of drug-likeness (QED) is 0.854. The molecule has 1 aromatic rings. The van der Waals surface area contributed by atoms with Crippen LogP contribution in [-0.2, 0) is 6.18 Å². The lowest BCUT2D eigenvalue weighted by Gasteiger charge is -2.26. The molecule has 0 aliphatic rings. The van der Waals surface area contributed by atoms with Crippen LogP contribution in [0.4, 0.5) is 13.2 Å². The van der Waals surface area contributed by atoms with Gasteiger partial charge in [-0.2, -0.15) is 13.2 Å². The summed E-state index contributed by atoms with van der Waals surface area (Å²) in [5.74, 6) is -0.574. The van der Waals surface area contributed by atoms with Gasteiger partial charge in [0, 0.05) is 18.0 Å². The molecule has 0 fully saturated rings. The Labute approximate surface area is 110 Å². The Hall–Kier alpha value is -1.36. The Morgan fingerprint density at radius 2 is 1.74 bits per heavy atom. The highest BCUT2D eigenvalue weighted by Crippen LogP contribution is 2.33. The molecule has 0 aromatic heterocycles. The first-order chi connectivity index (χ1) is 8.53. The van der Waals surface area contributed by atoms with E-state index in [1.54, 1.807) is 0 Å². The standard InChI is InChI=1S/C14H18F3NO/c1-13(2,3)12(18)8-11(19)9-6-4-5-7-10(9)14(15,16)17/h4-7,12H,8,18H2,1-3H3. The van der Waals surface area contributed by atoms with Crippen molar-refractivity contribution in [2.24, 2.45) is 11.1 Å². The average Bonchev–Trinajstić information content (AvgIpc) is 2.26. The van der Waals surface area contributed by atoms with Gasteiger partial charge in [0.05, 0.1) is 5.56 Å². The fourth-order valence-corrected chi connectivity index (χ4v) is 1.59. The lowest BCUT2D eigenvalue weighted by Crippen LogP contribution is -2.37. The fraction of sp³-hybridized carbons (Fsp3) is 0.500. The second kappa shape index (κ2) is 5.33. The van der Waals surface area contributed by atoms with E-state index in [9.17, 15) is 18.0 Å². The second-order valence-corrected chi connectivity index (χ2v) is 5.64. The molecule has 0 radical (unpaired) electrons. The minimum absolute atomic E-state index is 0.101. The number of carbonyl (C=O) groups excluding carboxylic acids is 1. The molecule has 0 aliphatic carbocycles. The maximum atomic E-state index is 12.8. The first-order valence-electron chi connectivity index (χ1n) is 5.98. The van der Waals surface area contributed by atoms with Crippen LogP contribution in [0.3, 0.4) is 0 Å². The Kier molecular flexibility index (Phi) is 4.40. The minimum Gasteiger partial charge on any atom is -0.327 e. The fourth-order valence-electron chi connectivity index (χ4n) is 1.59. The van der Waals surface area contributed by atoms with E-state index in [1.165, 1.54) is 18.2 Å². The van der Waals surface area contributed by atoms with Crippen LogP contribution >= 0.6 is 0 Å². The summed E-state index contributed by atoms with van der Waals surface area (Å²) in [6.07, 6.45) is -4.63. The van der Waals surface area contributed by atoms with Crippen molar-refractivity contribution in [1.29, 1.82) is 0 Å². The monoisotopic (exact) mass is 273 g/mol. The predicted octanol–water partition coefficient (Wildman–Crippen LogP) is 3.65. The van der Waals surface area contributed by atoms with Gasteiger partial charge in [-0.1, -0.05) is 39.0 Å². The molecule has 0 aliphatic heterocycles. The molecule has 2 N–H and O–H groups in total. The number of halogens is 3. The molecule has 1 atom stereocenters. The third kappa shape index (κ3) is 4.06. The summed E-state index contributed by atoms with van der Waals surface area (Å²) in [7, 11) is 0. The van der Waals surface area contributed by atoms with Gasteiger partial charge >= 0.3 is 6.18 Å². The molecule has 106 valence electrons. The van der Waals surface area contributed by atoms with Crippen LogP contribution in [-0.4, -0.2) is 11.8 Å². The summed E-state index contributed by atoms with van der Waals surface area (Å²) in [6, 6.07) is 4.31. The maximum absolute atomic E-state index is 12.8. The highest BCUT2D eigenvalue weighted by Gasteiger charge is 2.35. The Balaban J connectivity index is 3.02. The first kappa shape index (κ1) is 15.7. The SMILES string of the molecule is CC(C)(C)C(N)CC(=O)c1ccccc1C(F)(F)F. The van der Waals surface area contributed by atoms with E-state index >= 15 is 0 Å². The molecule has 5 heteroatoms. The number of nitrogens with two attached hydrogens (primary N) is 1. The van der Waals surface area contributed by atoms with Gasteiger partial charge in [0.2, 0.25) is 0 Å². The molecule has 1 rings (SSSR count). The molecule has 0 heterocycles. The largest absolute Gasteiger partial charge is 0.417 e. The third-order valence-corrected chi connectivity index (χ3v) is 3.05. The lowest BCUT2D eigenvalue weighted by molar-refractivity contribution is -0.137. The average molecular weight is 273 g/mol. The van der Waals surface area contributed by atoms with Crippen LogP contribution in [0, 0.1) is 5.41 Å². The molecule has 0 bridgehead atoms. The molecule has 1 aromatic carbocycles. The van der Waals surface area contributed by atoms with Crippen molar-refractivity contribution in [3.05, 3.63) is 35.4 Å². The molecular weight excluding hydrogens is 255 g/mol. The van der Waals surface area contributed by atoms with Crippen molar-refractivity contribution < 1.29 is 18.0 Å². The van der Waals surface area contributed by atoms with Crippen LogP contribution in [0.5, 0.6) is 0 Å². The van der Waals surface area contributed by atoms with E-state index in [-0.39, 0.29) is 17.4 Å². The molecule has 0 saturated carbocycles. The molecule has 1 unspecified atom stereocenters. The smallest absolute Gasteiger partial charge is 0.327 e. The Bertz CT molecular complexity index is 460. The maximum Gasteiger partial charge on any atom is 0.417 e. The van der Waals surface area contributed by atoms with E-state index in [0.717, 1.165) is 6.07 Å². The highest BCUT2D eigenvalue weighted by molar-refractivity contribution is 5.98. The number of alkyl halides is 3. The zero-order chi connectivity index (χ0) is 14.8. The van der Waals surface area contributed by atoms with Crippen LogP contribution in [0.2, 0.25) is 0 Å². The molecule has 2 nitrogen and oxygen atoms in total. The zero-order valence-electron chi connectivity index (χ0n) is 11.2. The van der Waals surface area contributed by atoms with Crippen LogP contribution in [0.15, 0.2) is 24.3 Å². The van der Waals surface area contributed by atoms with Crippen LogP contribution < -0.4 is 5.73 Å². The molecule has 0 amide bonds. The summed E-state index contributed by atoms with van der Waals surface area (Å²) in [4.78, 5) is 12.0. The summed E-state index contributed by atoms with van der Waals surface area (Å²) in [5, 5.41) is 0. The van der Waals surface area contributed by atoms with Gasteiger partial charge in [-0.05, 0) is 11.5 Å². The summed E-state index contributed by atoms with van der Waals surface area (Å²) >= 11 is 0. The van der Waals surface area contributed by atoms with Gasteiger partial charge in [-0.15, -0.1) is 0 Å². The first-order valence-corrected chi connectivity index (χ1v) is 5.98. The van der Waals surface area contributed by atoms with Crippen molar-refractivity contribution >= 4 is 5.78 Å². The molecule has 19 heavy (non-hydrogen) atoms. The number of hydrogen-bond acceptors (Lipinski definition) is 2. The van der Waals surface area contributed by atoms with Gasteiger partial charge in [-0.3, -0.25) is 4.79 Å². The number of ketones is 1. The van der Waals surface area contributed by atoms with E-state index in [1.807, 2.05) is 20.8 Å². The third-order valence-electron chi connectivity index (χ3n) is 3.05. The Morgan fingerprint density at radius 1 is 1.21 bits per heavy atom. The summed E-state index contributed by atoms with van der Waals surface area (Å²) < 4.78 is 38.4. The van der Waals surface area contributed by atoms with E-state index < -0.39 is 23.6 Å². The van der Waals surface area contributed by atoms with Crippen molar-refractivity contribution in [2.75, 3.05) is 0 Å². The predicted molar refractivity (Wildman–Crippen MR) is 67.8 cm³/mol. The van der Waals surface area contributed by atoms with Crippen molar-refractivity contribution in [3.8, 4) is 0 Å². The van der Waals surface area contributed by atoms with Crippen LogP contribution in [0.25, 0.3) is 0 Å². The topological polar surface area (TPSA) is 43.1 Å². The van der Waals surface area contributed by atoms with Crippen molar-refractivity contribution in [2.45, 2.75) is 39.4 Å². The van der Waals surface area contributed by atoms with Gasteiger partial charge < -0.3 is 5.73 Å². The molecule has 0 spiro atoms. The highest BCUT2D eigenvalue weighted by atomic mass is 19.4. The minimum atomic E-state index is -4.53. The van der Waals surface area contributed by atoms with Gasteiger partial charge in [0.1, 0.15) is 0 Å². The number of rotatable bonds is 3. The van der Waals surface area contributed by atoms with E-state index in [0.29, 0.717) is 0 Å². The zero-order valence-corrected chi connectivity index (χ0v) is 11.2. The van der Waals surface area contributed by atoms with E-state index in [2.05, 4.69) is 0 Å². The van der Waals surface area contributed by atoms with Crippen molar-refractivity contribution in [3.63, 3.8) is 0 Å². The second-order valence-electron chi connectivity index (χ2n) is 5.64. The van der Waals surface area contributed by atoms with Gasteiger partial charge in [0.25, 0.3) is 0 Å². The number of hydrogen-bond donors (Lipinski definition) is 1. The normalized spacial score (nSPS) is 14.3. The lowest BCUT2D eigenvalue weighted by atomic mass is 9.83. The van der Waals surface area contributed by atoms with Gasteiger partial charge in [0.15, 0.2) is 5.78 Å². The van der Waals surface area contributed by atoms with Crippen molar-refractivity contribution in [1.82, 2.24) is 0 Å². The molecular formula is C14H18F3NO. The molecule has 0 saturated heterocycles. The number of benzene rings is 1. The van der Waals surface area contributed by atoms with Gasteiger partial charge in [-0.25, -0.2) is 0 Å². The van der Waals surface area contributed by atoms with E-state index in [4.69, 9.17) is 5.73 Å². The summed E-state index contributed by atoms with van der Waals surface area (Å²) in [5.41, 5.74) is 4.30. The number of carbonyl (C=O) groups is 1. The Morgan fingerprint density at radius 3 is 2.21 bits per heavy atom. The number of Topliss-reactive ketones (excluding diaryl/α,β-unsaturated/α-hetero) is 1.